The minimum atomic E-state index is -0.736. The molecule has 1 aromatic heterocycles. The van der Waals surface area contributed by atoms with E-state index in [-0.39, 0.29) is 0 Å². The van der Waals surface area contributed by atoms with Gasteiger partial charge in [0.25, 0.3) is 0 Å². The number of aromatic nitrogens is 2. The second-order valence-electron chi connectivity index (χ2n) is 7.35. The fourth-order valence-corrected chi connectivity index (χ4v) is 4.29. The van der Waals surface area contributed by atoms with Gasteiger partial charge in [-0.15, -0.1) is 0 Å². The van der Waals surface area contributed by atoms with Gasteiger partial charge in [-0.05, 0) is 55.8 Å². The van der Waals surface area contributed by atoms with Gasteiger partial charge < -0.3 is 10.0 Å². The molecule has 0 aliphatic carbocycles. The molecule has 0 unspecified atom stereocenters. The SMILES string of the molecule is Nc1n(CCN2CCCC2)c2ccccc2[n+]1C[C@@H](O)c1ccc(Cl)c(Cl)c1. The molecule has 1 atom stereocenters. The number of nitrogen functional groups attached to an aromatic ring is 1. The lowest BCUT2D eigenvalue weighted by Crippen LogP contribution is -2.39. The molecule has 0 amide bonds. The zero-order valence-corrected chi connectivity index (χ0v) is 17.2. The number of nitrogens with two attached hydrogens (primary N) is 1. The summed E-state index contributed by atoms with van der Waals surface area (Å²) in [6.45, 7) is 4.49. The molecule has 1 aliphatic rings. The molecule has 1 fully saturated rings. The molecule has 1 aliphatic heterocycles. The summed E-state index contributed by atoms with van der Waals surface area (Å²) in [5.41, 5.74) is 9.35. The molecule has 0 saturated carbocycles. The van der Waals surface area contributed by atoms with Gasteiger partial charge in [-0.1, -0.05) is 41.4 Å². The summed E-state index contributed by atoms with van der Waals surface area (Å²) in [7, 11) is 0. The maximum Gasteiger partial charge on any atom is 0.356 e. The number of hydrogen-bond acceptors (Lipinski definition) is 3. The molecule has 0 bridgehead atoms. The van der Waals surface area contributed by atoms with Crippen LogP contribution in [-0.2, 0) is 13.1 Å². The van der Waals surface area contributed by atoms with Crippen molar-refractivity contribution >= 4 is 40.2 Å². The van der Waals surface area contributed by atoms with Crippen LogP contribution < -0.4 is 10.3 Å². The van der Waals surface area contributed by atoms with Crippen molar-refractivity contribution in [1.82, 2.24) is 9.47 Å². The summed E-state index contributed by atoms with van der Waals surface area (Å²) < 4.78 is 4.13. The molecule has 4 rings (SSSR count). The first-order valence-corrected chi connectivity index (χ1v) is 10.4. The maximum absolute atomic E-state index is 10.8. The number of aliphatic hydroxyl groups is 1. The first kappa shape index (κ1) is 19.5. The number of nitrogens with zero attached hydrogens (tertiary/aromatic N) is 3. The van der Waals surface area contributed by atoms with Crippen LogP contribution in [-0.4, -0.2) is 34.2 Å². The summed E-state index contributed by atoms with van der Waals surface area (Å²) in [6, 6.07) is 13.3. The van der Waals surface area contributed by atoms with E-state index < -0.39 is 6.10 Å². The fraction of sp³-hybridized carbons (Fsp3) is 0.381. The molecule has 28 heavy (non-hydrogen) atoms. The molecule has 0 spiro atoms. The molecule has 0 radical (unpaired) electrons. The fourth-order valence-electron chi connectivity index (χ4n) is 3.99. The third-order valence-corrected chi connectivity index (χ3v) is 6.28. The highest BCUT2D eigenvalue weighted by molar-refractivity contribution is 6.42. The quantitative estimate of drug-likeness (QED) is 0.599. The predicted octanol–water partition coefficient (Wildman–Crippen LogP) is 3.65. The number of imidazole rings is 1. The van der Waals surface area contributed by atoms with Crippen molar-refractivity contribution in [3.8, 4) is 0 Å². The van der Waals surface area contributed by atoms with E-state index in [0.717, 1.165) is 42.8 Å². The molecule has 148 valence electrons. The molecular weight excluding hydrogens is 395 g/mol. The molecule has 7 heteroatoms. The van der Waals surface area contributed by atoms with Crippen molar-refractivity contribution in [3.63, 3.8) is 0 Å². The zero-order valence-electron chi connectivity index (χ0n) is 15.7. The Labute approximate surface area is 174 Å². The van der Waals surface area contributed by atoms with Gasteiger partial charge in [-0.3, -0.25) is 5.73 Å². The van der Waals surface area contributed by atoms with Crippen molar-refractivity contribution in [2.75, 3.05) is 25.4 Å². The van der Waals surface area contributed by atoms with Crippen molar-refractivity contribution < 1.29 is 9.67 Å². The van der Waals surface area contributed by atoms with Gasteiger partial charge in [0, 0.05) is 6.54 Å². The van der Waals surface area contributed by atoms with Crippen LogP contribution in [0.2, 0.25) is 10.0 Å². The Balaban J connectivity index is 1.62. The lowest BCUT2D eigenvalue weighted by atomic mass is 10.1. The Morgan fingerprint density at radius 3 is 2.54 bits per heavy atom. The van der Waals surface area contributed by atoms with E-state index in [1.807, 2.05) is 22.8 Å². The molecular formula is C21H25Cl2N4O+. The van der Waals surface area contributed by atoms with Gasteiger partial charge in [0.15, 0.2) is 0 Å². The van der Waals surface area contributed by atoms with Crippen molar-refractivity contribution in [3.05, 3.63) is 58.1 Å². The third kappa shape index (κ3) is 3.85. The van der Waals surface area contributed by atoms with E-state index >= 15 is 0 Å². The molecule has 3 aromatic rings. The second kappa shape index (κ2) is 8.29. The Bertz CT molecular complexity index is 982. The first-order valence-electron chi connectivity index (χ1n) is 9.66. The van der Waals surface area contributed by atoms with Crippen LogP contribution in [0.15, 0.2) is 42.5 Å². The minimum Gasteiger partial charge on any atom is -0.385 e. The third-order valence-electron chi connectivity index (χ3n) is 5.54. The molecule has 1 saturated heterocycles. The van der Waals surface area contributed by atoms with Crippen LogP contribution in [0.3, 0.4) is 0 Å². The molecule has 3 N–H and O–H groups in total. The number of para-hydroxylation sites is 2. The van der Waals surface area contributed by atoms with E-state index in [2.05, 4.69) is 15.5 Å². The lowest BCUT2D eigenvalue weighted by molar-refractivity contribution is -0.666. The number of rotatable bonds is 6. The monoisotopic (exact) mass is 419 g/mol. The van der Waals surface area contributed by atoms with E-state index in [0.29, 0.717) is 22.5 Å². The molecule has 2 aromatic carbocycles. The number of anilines is 1. The summed E-state index contributed by atoms with van der Waals surface area (Å²) in [6.07, 6.45) is 1.81. The number of benzene rings is 2. The van der Waals surface area contributed by atoms with Gasteiger partial charge in [-0.2, -0.15) is 0 Å². The van der Waals surface area contributed by atoms with E-state index in [4.69, 9.17) is 28.9 Å². The van der Waals surface area contributed by atoms with Crippen molar-refractivity contribution in [1.29, 1.82) is 0 Å². The van der Waals surface area contributed by atoms with Crippen LogP contribution in [0, 0.1) is 0 Å². The van der Waals surface area contributed by atoms with Crippen LogP contribution in [0.4, 0.5) is 5.95 Å². The van der Waals surface area contributed by atoms with Crippen LogP contribution in [0.25, 0.3) is 11.0 Å². The van der Waals surface area contributed by atoms with Gasteiger partial charge in [0.05, 0.1) is 16.6 Å². The lowest BCUT2D eigenvalue weighted by Gasteiger charge is -2.14. The average molecular weight is 420 g/mol. The number of hydrogen-bond donors (Lipinski definition) is 2. The standard InChI is InChI=1S/C21H24Cl2N4O/c22-16-8-7-15(13-17(16)23)20(28)14-27-19-6-2-1-5-18(19)26(21(27)24)12-11-25-9-3-4-10-25/h1-2,5-8,13,20,24,28H,3-4,9-12,14H2/p+1/t20-/m1/s1. The van der Waals surface area contributed by atoms with E-state index in [9.17, 15) is 5.11 Å². The smallest absolute Gasteiger partial charge is 0.356 e. The summed E-state index contributed by atoms with van der Waals surface area (Å²) in [5, 5.41) is 11.7. The Hall–Kier alpha value is -1.79. The predicted molar refractivity (Wildman–Crippen MR) is 114 cm³/mol. The number of likely N-dealkylation sites (tertiary alicyclic amines) is 1. The van der Waals surface area contributed by atoms with Gasteiger partial charge in [0.2, 0.25) is 0 Å². The van der Waals surface area contributed by atoms with E-state index in [1.165, 1.54) is 12.8 Å². The minimum absolute atomic E-state index is 0.348. The average Bonchev–Trinajstić information content (AvgIpc) is 3.30. The maximum atomic E-state index is 10.8. The van der Waals surface area contributed by atoms with Crippen LogP contribution in [0.5, 0.6) is 0 Å². The number of aliphatic hydroxyl groups excluding tert-OH is 1. The van der Waals surface area contributed by atoms with Crippen molar-refractivity contribution in [2.24, 2.45) is 0 Å². The molecule has 2 heterocycles. The Kier molecular flexibility index (Phi) is 5.78. The normalized spacial score (nSPS) is 16.1. The number of halogens is 2. The van der Waals surface area contributed by atoms with Crippen LogP contribution in [0.1, 0.15) is 24.5 Å². The number of fused-ring (bicyclic) bond motifs is 1. The largest absolute Gasteiger partial charge is 0.385 e. The summed E-state index contributed by atoms with van der Waals surface area (Å²) >= 11 is 12.1. The van der Waals surface area contributed by atoms with E-state index in [1.54, 1.807) is 18.2 Å². The van der Waals surface area contributed by atoms with Gasteiger partial charge in [0.1, 0.15) is 23.7 Å². The Morgan fingerprint density at radius 2 is 1.79 bits per heavy atom. The summed E-state index contributed by atoms with van der Waals surface area (Å²) in [5.74, 6) is 0.652. The van der Waals surface area contributed by atoms with Gasteiger partial charge in [-0.25, -0.2) is 9.13 Å². The highest BCUT2D eigenvalue weighted by Crippen LogP contribution is 2.26. The molecule has 5 nitrogen and oxygen atoms in total. The highest BCUT2D eigenvalue weighted by Gasteiger charge is 2.24. The zero-order chi connectivity index (χ0) is 19.7. The Morgan fingerprint density at radius 1 is 1.04 bits per heavy atom. The second-order valence-corrected chi connectivity index (χ2v) is 8.16. The van der Waals surface area contributed by atoms with Crippen molar-refractivity contribution in [2.45, 2.75) is 32.0 Å². The first-order chi connectivity index (χ1) is 13.5. The highest BCUT2D eigenvalue weighted by atomic mass is 35.5. The van der Waals surface area contributed by atoms with Gasteiger partial charge >= 0.3 is 5.95 Å². The summed E-state index contributed by atoms with van der Waals surface area (Å²) in [4.78, 5) is 2.48. The van der Waals surface area contributed by atoms with Crippen LogP contribution >= 0.6 is 23.2 Å². The topological polar surface area (TPSA) is 58.3 Å².